The molecule has 1 atom stereocenters. The van der Waals surface area contributed by atoms with Crippen LogP contribution in [-0.4, -0.2) is 28.2 Å². The van der Waals surface area contributed by atoms with Crippen LogP contribution in [0, 0.1) is 6.92 Å². The van der Waals surface area contributed by atoms with Crippen LogP contribution in [0.4, 0.5) is 0 Å². The van der Waals surface area contributed by atoms with Crippen molar-refractivity contribution in [1.29, 1.82) is 0 Å². The minimum atomic E-state index is 0.0310. The SMILES string of the molecule is CCC1(c2nc(Cc3csc(C)n3)no2)CCNC1. The van der Waals surface area contributed by atoms with Crippen LogP contribution in [0.3, 0.4) is 0 Å². The maximum absolute atomic E-state index is 5.50. The Bertz CT molecular complexity index is 556. The van der Waals surface area contributed by atoms with E-state index >= 15 is 0 Å². The van der Waals surface area contributed by atoms with Crippen molar-refractivity contribution in [2.24, 2.45) is 0 Å². The van der Waals surface area contributed by atoms with Crippen molar-refractivity contribution in [1.82, 2.24) is 20.4 Å². The first-order valence-corrected chi connectivity index (χ1v) is 7.54. The van der Waals surface area contributed by atoms with E-state index in [9.17, 15) is 0 Å². The number of rotatable bonds is 4. The van der Waals surface area contributed by atoms with E-state index in [1.165, 1.54) is 0 Å². The molecule has 3 heterocycles. The largest absolute Gasteiger partial charge is 0.339 e. The molecule has 0 bridgehead atoms. The van der Waals surface area contributed by atoms with Crippen LogP contribution in [0.1, 0.15) is 42.2 Å². The highest BCUT2D eigenvalue weighted by molar-refractivity contribution is 7.09. The highest BCUT2D eigenvalue weighted by atomic mass is 32.1. The van der Waals surface area contributed by atoms with E-state index in [0.29, 0.717) is 6.42 Å². The van der Waals surface area contributed by atoms with Gasteiger partial charge in [0.1, 0.15) is 0 Å². The molecular weight excluding hydrogens is 260 g/mol. The van der Waals surface area contributed by atoms with Gasteiger partial charge >= 0.3 is 0 Å². The first kappa shape index (κ1) is 12.7. The van der Waals surface area contributed by atoms with Crippen molar-refractivity contribution >= 4 is 11.3 Å². The van der Waals surface area contributed by atoms with Gasteiger partial charge in [0, 0.05) is 11.9 Å². The Morgan fingerprint density at radius 1 is 1.47 bits per heavy atom. The predicted molar refractivity (Wildman–Crippen MR) is 73.4 cm³/mol. The van der Waals surface area contributed by atoms with Crippen LogP contribution >= 0.6 is 11.3 Å². The van der Waals surface area contributed by atoms with Gasteiger partial charge < -0.3 is 9.84 Å². The Hall–Kier alpha value is -1.27. The van der Waals surface area contributed by atoms with Gasteiger partial charge in [0.05, 0.1) is 22.5 Å². The summed E-state index contributed by atoms with van der Waals surface area (Å²) in [4.78, 5) is 9.02. The number of thiazole rings is 1. The van der Waals surface area contributed by atoms with Gasteiger partial charge in [-0.3, -0.25) is 0 Å². The molecule has 1 saturated heterocycles. The third-order valence-corrected chi connectivity index (χ3v) is 4.67. The standard InChI is InChI=1S/C13H18N4OS/c1-3-13(4-5-14-8-13)12-16-11(17-18-12)6-10-7-19-9(2)15-10/h7,14H,3-6,8H2,1-2H3. The summed E-state index contributed by atoms with van der Waals surface area (Å²) in [5.41, 5.74) is 1.05. The van der Waals surface area contributed by atoms with E-state index in [0.717, 1.165) is 48.3 Å². The summed E-state index contributed by atoms with van der Waals surface area (Å²) in [7, 11) is 0. The minimum Gasteiger partial charge on any atom is -0.339 e. The average Bonchev–Trinajstić information content (AvgIpc) is 3.11. The summed E-state index contributed by atoms with van der Waals surface area (Å²) >= 11 is 1.65. The fraction of sp³-hybridized carbons (Fsp3) is 0.615. The van der Waals surface area contributed by atoms with Crippen LogP contribution < -0.4 is 5.32 Å². The van der Waals surface area contributed by atoms with Gasteiger partial charge in [0.2, 0.25) is 5.89 Å². The van der Waals surface area contributed by atoms with Gasteiger partial charge in [0.15, 0.2) is 5.82 Å². The quantitative estimate of drug-likeness (QED) is 0.927. The van der Waals surface area contributed by atoms with Crippen molar-refractivity contribution in [2.45, 2.75) is 38.5 Å². The summed E-state index contributed by atoms with van der Waals surface area (Å²) in [5.74, 6) is 1.52. The number of hydrogen-bond donors (Lipinski definition) is 1. The van der Waals surface area contributed by atoms with Crippen molar-refractivity contribution in [3.63, 3.8) is 0 Å². The molecule has 0 saturated carbocycles. The molecule has 102 valence electrons. The maximum Gasteiger partial charge on any atom is 0.234 e. The van der Waals surface area contributed by atoms with Gasteiger partial charge in [-0.05, 0) is 26.3 Å². The molecule has 6 heteroatoms. The second-order valence-electron chi connectivity index (χ2n) is 5.11. The summed E-state index contributed by atoms with van der Waals surface area (Å²) in [5, 5.41) is 10.6. The van der Waals surface area contributed by atoms with Crippen molar-refractivity contribution in [2.75, 3.05) is 13.1 Å². The Kier molecular flexibility index (Phi) is 3.36. The zero-order valence-corrected chi connectivity index (χ0v) is 12.1. The Morgan fingerprint density at radius 3 is 3.00 bits per heavy atom. The zero-order chi connectivity index (χ0) is 13.3. The molecule has 1 aliphatic heterocycles. The summed E-state index contributed by atoms with van der Waals surface area (Å²) < 4.78 is 5.50. The van der Waals surface area contributed by atoms with Crippen LogP contribution in [0.5, 0.6) is 0 Å². The average molecular weight is 278 g/mol. The van der Waals surface area contributed by atoms with Crippen LogP contribution in [0.25, 0.3) is 0 Å². The lowest BCUT2D eigenvalue weighted by Gasteiger charge is -2.20. The normalized spacial score (nSPS) is 23.1. The van der Waals surface area contributed by atoms with Gasteiger partial charge in [-0.1, -0.05) is 12.1 Å². The Morgan fingerprint density at radius 2 is 2.37 bits per heavy atom. The lowest BCUT2D eigenvalue weighted by atomic mass is 9.84. The Balaban J connectivity index is 1.79. The molecule has 0 aromatic carbocycles. The second kappa shape index (κ2) is 5.02. The molecule has 0 radical (unpaired) electrons. The first-order chi connectivity index (χ1) is 9.22. The fourth-order valence-corrected chi connectivity index (χ4v) is 3.18. The molecule has 1 aliphatic rings. The van der Waals surface area contributed by atoms with Crippen molar-refractivity contribution in [3.8, 4) is 0 Å². The number of aromatic nitrogens is 3. The highest BCUT2D eigenvalue weighted by Crippen LogP contribution is 2.32. The van der Waals surface area contributed by atoms with Gasteiger partial charge in [-0.2, -0.15) is 4.98 Å². The number of nitrogens with zero attached hydrogens (tertiary/aromatic N) is 3. The third-order valence-electron chi connectivity index (χ3n) is 3.85. The number of hydrogen-bond acceptors (Lipinski definition) is 6. The van der Waals surface area contributed by atoms with E-state index in [4.69, 9.17) is 4.52 Å². The van der Waals surface area contributed by atoms with E-state index in [2.05, 4.69) is 32.7 Å². The smallest absolute Gasteiger partial charge is 0.234 e. The molecule has 1 unspecified atom stereocenters. The van der Waals surface area contributed by atoms with E-state index in [1.54, 1.807) is 11.3 Å². The van der Waals surface area contributed by atoms with Crippen LogP contribution in [0.15, 0.2) is 9.90 Å². The van der Waals surface area contributed by atoms with Crippen LogP contribution in [0.2, 0.25) is 0 Å². The molecule has 19 heavy (non-hydrogen) atoms. The van der Waals surface area contributed by atoms with Gasteiger partial charge in [-0.25, -0.2) is 4.98 Å². The molecule has 0 amide bonds. The zero-order valence-electron chi connectivity index (χ0n) is 11.3. The maximum atomic E-state index is 5.50. The third kappa shape index (κ3) is 2.42. The first-order valence-electron chi connectivity index (χ1n) is 6.67. The summed E-state index contributed by atoms with van der Waals surface area (Å²) in [6, 6.07) is 0. The molecule has 5 nitrogen and oxygen atoms in total. The highest BCUT2D eigenvalue weighted by Gasteiger charge is 2.39. The second-order valence-corrected chi connectivity index (χ2v) is 6.17. The molecule has 0 aliphatic carbocycles. The minimum absolute atomic E-state index is 0.0310. The van der Waals surface area contributed by atoms with E-state index in [-0.39, 0.29) is 5.41 Å². The fourth-order valence-electron chi connectivity index (χ4n) is 2.57. The number of nitrogens with one attached hydrogen (secondary N) is 1. The lowest BCUT2D eigenvalue weighted by molar-refractivity contribution is 0.283. The molecule has 1 fully saturated rings. The Labute approximate surface area is 116 Å². The molecule has 2 aromatic heterocycles. The van der Waals surface area contributed by atoms with E-state index < -0.39 is 0 Å². The van der Waals surface area contributed by atoms with Gasteiger partial charge in [-0.15, -0.1) is 11.3 Å². The topological polar surface area (TPSA) is 63.8 Å². The van der Waals surface area contributed by atoms with Crippen molar-refractivity contribution in [3.05, 3.63) is 27.8 Å². The molecule has 0 spiro atoms. The van der Waals surface area contributed by atoms with E-state index in [1.807, 2.05) is 6.92 Å². The summed E-state index contributed by atoms with van der Waals surface area (Å²) in [6.07, 6.45) is 2.75. The molecule has 2 aromatic rings. The summed E-state index contributed by atoms with van der Waals surface area (Å²) in [6.45, 7) is 6.14. The molecule has 1 N–H and O–H groups in total. The predicted octanol–water partition coefficient (Wildman–Crippen LogP) is 2.07. The van der Waals surface area contributed by atoms with Gasteiger partial charge in [0.25, 0.3) is 0 Å². The van der Waals surface area contributed by atoms with Crippen molar-refractivity contribution < 1.29 is 4.52 Å². The molecular formula is C13H18N4OS. The monoisotopic (exact) mass is 278 g/mol. The molecule has 3 rings (SSSR count). The number of aryl methyl sites for hydroxylation is 1. The lowest BCUT2D eigenvalue weighted by Crippen LogP contribution is -2.28. The van der Waals surface area contributed by atoms with Crippen LogP contribution in [-0.2, 0) is 11.8 Å².